The normalized spacial score (nSPS) is 26.3. The number of halogens is 1. The molecule has 3 heterocycles. The van der Waals surface area contributed by atoms with Gasteiger partial charge in [-0.05, 0) is 25.3 Å². The zero-order chi connectivity index (χ0) is 24.1. The molecule has 1 aliphatic heterocycles. The van der Waals surface area contributed by atoms with Crippen LogP contribution in [0.3, 0.4) is 0 Å². The third-order valence-corrected chi connectivity index (χ3v) is 9.81. The van der Waals surface area contributed by atoms with E-state index in [1.807, 2.05) is 6.07 Å². The van der Waals surface area contributed by atoms with E-state index < -0.39 is 53.2 Å². The van der Waals surface area contributed by atoms with Gasteiger partial charge in [0.1, 0.15) is 35.6 Å². The molecule has 2 aliphatic rings. The molecule has 2 aromatic heterocycles. The quantitative estimate of drug-likeness (QED) is 0.254. The maximum Gasteiger partial charge on any atom is 0.340 e. The average molecular weight is 521 g/mol. The summed E-state index contributed by atoms with van der Waals surface area (Å²) in [5, 5.41) is 34.2. The number of nitrogens with one attached hydrogen (secondary N) is 1. The maximum absolute atomic E-state index is 12.1. The summed E-state index contributed by atoms with van der Waals surface area (Å²) in [6.45, 7) is 0. The standard InChI is InChI=1S/C18H22ClN4O8PS/c19-16-11(6-20)13(21-9-2-1-3-9)10-4-5-23(17(10)22-16)18-15(25)14(24)12(31-18)7-33(29,30)8-32(26,27)28/h4-5,9,12,14-15,18,24-25H,1-3,7-8H2,(H,21,22)(H2,26,27,28)/t12-,14-,15-,18-/m1/s1. The highest BCUT2D eigenvalue weighted by atomic mass is 35.5. The number of anilines is 1. The Morgan fingerprint density at radius 2 is 2.03 bits per heavy atom. The summed E-state index contributed by atoms with van der Waals surface area (Å²) in [6.07, 6.45) is -1.43. The lowest BCUT2D eigenvalue weighted by molar-refractivity contribution is -0.0288. The molecule has 0 aromatic carbocycles. The van der Waals surface area contributed by atoms with Gasteiger partial charge in [-0.2, -0.15) is 5.26 Å². The number of aromatic nitrogens is 2. The number of rotatable bonds is 7. The van der Waals surface area contributed by atoms with Crippen molar-refractivity contribution in [2.24, 2.45) is 0 Å². The van der Waals surface area contributed by atoms with Gasteiger partial charge >= 0.3 is 7.60 Å². The first-order chi connectivity index (χ1) is 15.4. The van der Waals surface area contributed by atoms with Gasteiger partial charge in [0, 0.05) is 17.6 Å². The van der Waals surface area contributed by atoms with E-state index >= 15 is 0 Å². The van der Waals surface area contributed by atoms with E-state index in [0.29, 0.717) is 11.1 Å². The fourth-order valence-corrected chi connectivity index (χ4v) is 7.47. The lowest BCUT2D eigenvalue weighted by Crippen LogP contribution is -2.35. The number of aliphatic hydroxyl groups excluding tert-OH is 2. The summed E-state index contributed by atoms with van der Waals surface area (Å²) in [7, 11) is -9.15. The number of hydrogen-bond donors (Lipinski definition) is 5. The Morgan fingerprint density at radius 3 is 2.61 bits per heavy atom. The molecule has 5 N–H and O–H groups in total. The molecule has 180 valence electrons. The lowest BCUT2D eigenvalue weighted by Gasteiger charge is -2.28. The first-order valence-corrected chi connectivity index (χ1v) is 14.0. The maximum atomic E-state index is 12.1. The predicted octanol–water partition coefficient (Wildman–Crippen LogP) is 0.695. The van der Waals surface area contributed by atoms with Crippen molar-refractivity contribution < 1.29 is 37.7 Å². The molecule has 0 unspecified atom stereocenters. The molecule has 0 bridgehead atoms. The summed E-state index contributed by atoms with van der Waals surface area (Å²) < 4.78 is 42.3. The van der Waals surface area contributed by atoms with Crippen LogP contribution in [0.1, 0.15) is 31.1 Å². The highest BCUT2D eigenvalue weighted by Crippen LogP contribution is 2.40. The number of fused-ring (bicyclic) bond motifs is 1. The Labute approximate surface area is 193 Å². The molecular weight excluding hydrogens is 499 g/mol. The van der Waals surface area contributed by atoms with Crippen LogP contribution in [0, 0.1) is 11.3 Å². The van der Waals surface area contributed by atoms with E-state index in [9.17, 15) is 28.5 Å². The number of sulfone groups is 1. The minimum atomic E-state index is -4.85. The summed E-state index contributed by atoms with van der Waals surface area (Å²) in [5.41, 5.74) is -0.493. The Kier molecular flexibility index (Phi) is 6.50. The molecule has 2 fully saturated rings. The van der Waals surface area contributed by atoms with Crippen LogP contribution < -0.4 is 5.32 Å². The van der Waals surface area contributed by atoms with Crippen molar-refractivity contribution in [2.45, 2.75) is 49.8 Å². The van der Waals surface area contributed by atoms with Crippen LogP contribution in [0.2, 0.25) is 5.15 Å². The molecule has 33 heavy (non-hydrogen) atoms. The first-order valence-electron chi connectivity index (χ1n) is 10.0. The number of hydrogen-bond acceptors (Lipinski definition) is 9. The molecule has 1 aliphatic carbocycles. The molecule has 0 amide bonds. The summed E-state index contributed by atoms with van der Waals surface area (Å²) in [5.74, 6) is -0.896. The van der Waals surface area contributed by atoms with Crippen molar-refractivity contribution in [3.8, 4) is 6.07 Å². The van der Waals surface area contributed by atoms with Crippen molar-refractivity contribution in [1.29, 1.82) is 5.26 Å². The van der Waals surface area contributed by atoms with Gasteiger partial charge in [-0.3, -0.25) is 4.57 Å². The summed E-state index contributed by atoms with van der Waals surface area (Å²) >= 11 is 6.24. The SMILES string of the molecule is N#Cc1c(Cl)nc2c(ccn2[C@@H]2O[C@H](CS(=O)(=O)CP(=O)(O)O)[C@@H](O)[C@H]2O)c1NC1CCC1. The van der Waals surface area contributed by atoms with Crippen molar-refractivity contribution in [1.82, 2.24) is 9.55 Å². The van der Waals surface area contributed by atoms with Gasteiger partial charge in [0.2, 0.25) is 0 Å². The van der Waals surface area contributed by atoms with Crippen molar-refractivity contribution in [3.05, 3.63) is 23.0 Å². The highest BCUT2D eigenvalue weighted by Gasteiger charge is 2.46. The molecule has 4 atom stereocenters. The summed E-state index contributed by atoms with van der Waals surface area (Å²) in [6, 6.07) is 3.86. The molecule has 15 heteroatoms. The third-order valence-electron chi connectivity index (χ3n) is 5.78. The highest BCUT2D eigenvalue weighted by molar-refractivity contribution is 7.97. The number of nitriles is 1. The van der Waals surface area contributed by atoms with Crippen LogP contribution >= 0.6 is 19.2 Å². The molecule has 1 saturated carbocycles. The molecule has 1 saturated heterocycles. The zero-order valence-corrected chi connectivity index (χ0v) is 19.5. The fourth-order valence-electron chi connectivity index (χ4n) is 4.01. The fraction of sp³-hybridized carbons (Fsp3) is 0.556. The van der Waals surface area contributed by atoms with Crippen LogP contribution in [-0.2, 0) is 19.1 Å². The van der Waals surface area contributed by atoms with Gasteiger partial charge in [0.25, 0.3) is 0 Å². The number of ether oxygens (including phenoxy) is 1. The smallest absolute Gasteiger partial charge is 0.340 e. The lowest BCUT2D eigenvalue weighted by atomic mass is 9.92. The van der Waals surface area contributed by atoms with Crippen LogP contribution in [-0.4, -0.2) is 73.6 Å². The van der Waals surface area contributed by atoms with E-state index in [-0.39, 0.29) is 22.4 Å². The van der Waals surface area contributed by atoms with Crippen LogP contribution in [0.15, 0.2) is 12.3 Å². The van der Waals surface area contributed by atoms with E-state index in [1.165, 1.54) is 10.8 Å². The predicted molar refractivity (Wildman–Crippen MR) is 117 cm³/mol. The minimum Gasteiger partial charge on any atom is -0.387 e. The van der Waals surface area contributed by atoms with E-state index in [0.717, 1.165) is 19.3 Å². The third kappa shape index (κ3) is 4.89. The monoisotopic (exact) mass is 520 g/mol. The number of nitrogens with zero attached hydrogens (tertiary/aromatic N) is 3. The van der Waals surface area contributed by atoms with Gasteiger partial charge in [-0.25, -0.2) is 13.4 Å². The van der Waals surface area contributed by atoms with Crippen LogP contribution in [0.5, 0.6) is 0 Å². The Morgan fingerprint density at radius 1 is 1.33 bits per heavy atom. The first kappa shape index (κ1) is 24.4. The molecule has 0 radical (unpaired) electrons. The topological polar surface area (TPSA) is 195 Å². The van der Waals surface area contributed by atoms with Crippen molar-refractivity contribution in [2.75, 3.05) is 16.6 Å². The minimum absolute atomic E-state index is 0.0689. The molecule has 12 nitrogen and oxygen atoms in total. The van der Waals surface area contributed by atoms with E-state index in [1.54, 1.807) is 6.07 Å². The average Bonchev–Trinajstić information content (AvgIpc) is 3.18. The second kappa shape index (κ2) is 8.79. The molecule has 0 spiro atoms. The van der Waals surface area contributed by atoms with Gasteiger partial charge in [-0.15, -0.1) is 0 Å². The van der Waals surface area contributed by atoms with Crippen molar-refractivity contribution >= 4 is 45.8 Å². The van der Waals surface area contributed by atoms with Gasteiger partial charge < -0.3 is 34.6 Å². The molecular formula is C18H22ClN4O8PS. The van der Waals surface area contributed by atoms with E-state index in [4.69, 9.17) is 26.1 Å². The Hall–Kier alpha value is -1.75. The van der Waals surface area contributed by atoms with Crippen LogP contribution in [0.25, 0.3) is 11.0 Å². The summed E-state index contributed by atoms with van der Waals surface area (Å²) in [4.78, 5) is 22.2. The van der Waals surface area contributed by atoms with Crippen molar-refractivity contribution in [3.63, 3.8) is 0 Å². The van der Waals surface area contributed by atoms with Gasteiger partial charge in [0.05, 0.1) is 11.4 Å². The second-order valence-electron chi connectivity index (χ2n) is 8.25. The van der Waals surface area contributed by atoms with Gasteiger partial charge in [0.15, 0.2) is 26.7 Å². The largest absolute Gasteiger partial charge is 0.387 e. The zero-order valence-electron chi connectivity index (χ0n) is 17.1. The molecule has 2 aromatic rings. The number of aliphatic hydroxyl groups is 2. The Balaban J connectivity index is 1.66. The Bertz CT molecular complexity index is 1270. The van der Waals surface area contributed by atoms with E-state index in [2.05, 4.69) is 10.3 Å². The second-order valence-corrected chi connectivity index (χ2v) is 12.8. The van der Waals surface area contributed by atoms with Crippen LogP contribution in [0.4, 0.5) is 5.69 Å². The molecule has 4 rings (SSSR count). The number of pyridine rings is 1. The van der Waals surface area contributed by atoms with Gasteiger partial charge in [-0.1, -0.05) is 11.6 Å².